The number of aliphatic hydroxyl groups excluding tert-OH is 1. The Morgan fingerprint density at radius 3 is 2.71 bits per heavy atom. The topological polar surface area (TPSA) is 41.5 Å². The predicted octanol–water partition coefficient (Wildman–Crippen LogP) is 2.04. The number of benzene rings is 1. The minimum atomic E-state index is -0.378. The molecule has 0 fully saturated rings. The molecule has 0 spiro atoms. The van der Waals surface area contributed by atoms with Gasteiger partial charge >= 0.3 is 0 Å². The highest BCUT2D eigenvalue weighted by Crippen LogP contribution is 2.16. The van der Waals surface area contributed by atoms with E-state index in [4.69, 9.17) is 4.74 Å². The first kappa shape index (κ1) is 14.2. The maximum atomic E-state index is 9.52. The molecule has 96 valence electrons. The van der Waals surface area contributed by atoms with Gasteiger partial charge in [0.1, 0.15) is 0 Å². The summed E-state index contributed by atoms with van der Waals surface area (Å²) in [6.07, 6.45) is 0.334. The molecule has 0 aliphatic rings. The highest BCUT2D eigenvalue weighted by atomic mass is 16.5. The van der Waals surface area contributed by atoms with E-state index in [1.807, 2.05) is 6.07 Å². The Balaban J connectivity index is 2.35. The van der Waals surface area contributed by atoms with Gasteiger partial charge in [-0.2, -0.15) is 0 Å². The first-order valence-electron chi connectivity index (χ1n) is 6.11. The summed E-state index contributed by atoms with van der Waals surface area (Å²) >= 11 is 0. The molecule has 1 aromatic rings. The minimum absolute atomic E-state index is 0.311. The molecule has 0 saturated heterocycles. The number of aliphatic hydroxyl groups is 1. The van der Waals surface area contributed by atoms with Gasteiger partial charge in [-0.25, -0.2) is 0 Å². The number of hydrogen-bond donors (Lipinski definition) is 2. The van der Waals surface area contributed by atoms with Gasteiger partial charge in [0.15, 0.2) is 0 Å². The van der Waals surface area contributed by atoms with E-state index < -0.39 is 0 Å². The van der Waals surface area contributed by atoms with Gasteiger partial charge in [0.2, 0.25) is 0 Å². The van der Waals surface area contributed by atoms with E-state index in [1.165, 1.54) is 11.1 Å². The van der Waals surface area contributed by atoms with Crippen molar-refractivity contribution in [1.29, 1.82) is 0 Å². The van der Waals surface area contributed by atoms with Crippen LogP contribution in [0.1, 0.15) is 30.5 Å². The highest BCUT2D eigenvalue weighted by Gasteiger charge is 2.08. The molecule has 2 unspecified atom stereocenters. The number of ether oxygens (including phenoxy) is 1. The summed E-state index contributed by atoms with van der Waals surface area (Å²) in [6.45, 7) is 5.46. The van der Waals surface area contributed by atoms with E-state index in [1.54, 1.807) is 7.11 Å². The Bertz CT molecular complexity index is 328. The molecule has 17 heavy (non-hydrogen) atoms. The Morgan fingerprint density at radius 2 is 2.06 bits per heavy atom. The van der Waals surface area contributed by atoms with Gasteiger partial charge in [-0.1, -0.05) is 24.3 Å². The van der Waals surface area contributed by atoms with Crippen molar-refractivity contribution in [1.82, 2.24) is 5.32 Å². The van der Waals surface area contributed by atoms with Crippen LogP contribution < -0.4 is 5.32 Å². The second-order valence-electron chi connectivity index (χ2n) is 4.43. The van der Waals surface area contributed by atoms with E-state index in [2.05, 4.69) is 37.4 Å². The highest BCUT2D eigenvalue weighted by molar-refractivity contribution is 5.28. The summed E-state index contributed by atoms with van der Waals surface area (Å²) in [6, 6.07) is 8.67. The number of nitrogens with one attached hydrogen (secondary N) is 1. The number of methoxy groups -OCH3 is 1. The standard InChI is InChI=1S/C14H23NO2/c1-11-6-4-5-7-14(11)12(2)15-9-8-13(16)10-17-3/h4-7,12-13,15-16H,8-10H2,1-3H3. The van der Waals surface area contributed by atoms with Gasteiger partial charge in [0.25, 0.3) is 0 Å². The van der Waals surface area contributed by atoms with Crippen molar-refractivity contribution in [3.63, 3.8) is 0 Å². The van der Waals surface area contributed by atoms with Gasteiger partial charge in [-0.3, -0.25) is 0 Å². The van der Waals surface area contributed by atoms with Crippen molar-refractivity contribution in [3.05, 3.63) is 35.4 Å². The molecule has 2 atom stereocenters. The number of hydrogen-bond acceptors (Lipinski definition) is 3. The summed E-state index contributed by atoms with van der Waals surface area (Å²) < 4.78 is 4.89. The lowest BCUT2D eigenvalue weighted by Crippen LogP contribution is -2.25. The van der Waals surface area contributed by atoms with Crippen LogP contribution in [0.3, 0.4) is 0 Å². The molecule has 2 N–H and O–H groups in total. The van der Waals surface area contributed by atoms with Crippen molar-refractivity contribution >= 4 is 0 Å². The van der Waals surface area contributed by atoms with Gasteiger partial charge in [0.05, 0.1) is 12.7 Å². The zero-order chi connectivity index (χ0) is 12.7. The second kappa shape index (κ2) is 7.43. The van der Waals surface area contributed by atoms with Crippen molar-refractivity contribution in [2.75, 3.05) is 20.3 Å². The van der Waals surface area contributed by atoms with Crippen LogP contribution in [0.15, 0.2) is 24.3 Å². The SMILES string of the molecule is COCC(O)CCNC(C)c1ccccc1C. The van der Waals surface area contributed by atoms with Gasteiger partial charge in [-0.15, -0.1) is 0 Å². The summed E-state index contributed by atoms with van der Waals surface area (Å²) in [7, 11) is 1.60. The molecule has 0 aliphatic heterocycles. The molecule has 0 radical (unpaired) electrons. The normalized spacial score (nSPS) is 14.6. The summed E-state index contributed by atoms with van der Waals surface area (Å²) in [5, 5.41) is 12.9. The number of rotatable bonds is 7. The predicted molar refractivity (Wildman–Crippen MR) is 70.1 cm³/mol. The van der Waals surface area contributed by atoms with Crippen molar-refractivity contribution < 1.29 is 9.84 Å². The summed E-state index contributed by atoms with van der Waals surface area (Å²) in [4.78, 5) is 0. The average Bonchev–Trinajstić information content (AvgIpc) is 2.29. The van der Waals surface area contributed by atoms with Crippen LogP contribution in [-0.2, 0) is 4.74 Å². The molecule has 3 nitrogen and oxygen atoms in total. The molecule has 0 bridgehead atoms. The molecular weight excluding hydrogens is 214 g/mol. The van der Waals surface area contributed by atoms with Crippen LogP contribution in [0, 0.1) is 6.92 Å². The molecule has 3 heteroatoms. The maximum Gasteiger partial charge on any atom is 0.0785 e. The molecule has 0 heterocycles. The van der Waals surface area contributed by atoms with E-state index in [0.29, 0.717) is 19.1 Å². The van der Waals surface area contributed by atoms with E-state index in [0.717, 1.165) is 6.54 Å². The second-order valence-corrected chi connectivity index (χ2v) is 4.43. The zero-order valence-electron chi connectivity index (χ0n) is 10.9. The minimum Gasteiger partial charge on any atom is -0.391 e. The maximum absolute atomic E-state index is 9.52. The molecule has 1 aromatic carbocycles. The monoisotopic (exact) mass is 237 g/mol. The third-order valence-electron chi connectivity index (χ3n) is 2.94. The molecule has 0 amide bonds. The van der Waals surface area contributed by atoms with Crippen molar-refractivity contribution in [3.8, 4) is 0 Å². The largest absolute Gasteiger partial charge is 0.391 e. The fourth-order valence-electron chi connectivity index (χ4n) is 1.92. The molecule has 0 aliphatic carbocycles. The van der Waals surface area contributed by atoms with Gasteiger partial charge in [-0.05, 0) is 37.9 Å². The van der Waals surface area contributed by atoms with Crippen LogP contribution in [0.5, 0.6) is 0 Å². The van der Waals surface area contributed by atoms with Crippen LogP contribution in [-0.4, -0.2) is 31.5 Å². The third-order valence-corrected chi connectivity index (χ3v) is 2.94. The van der Waals surface area contributed by atoms with E-state index in [9.17, 15) is 5.11 Å². The molecule has 0 saturated carbocycles. The lowest BCUT2D eigenvalue weighted by molar-refractivity contribution is 0.0590. The lowest BCUT2D eigenvalue weighted by atomic mass is 10.0. The Hall–Kier alpha value is -0.900. The van der Waals surface area contributed by atoms with Crippen LogP contribution in [0.4, 0.5) is 0 Å². The first-order chi connectivity index (χ1) is 8.15. The smallest absolute Gasteiger partial charge is 0.0785 e. The van der Waals surface area contributed by atoms with Crippen LogP contribution in [0.25, 0.3) is 0 Å². The van der Waals surface area contributed by atoms with Crippen LogP contribution >= 0.6 is 0 Å². The van der Waals surface area contributed by atoms with Crippen molar-refractivity contribution in [2.45, 2.75) is 32.4 Å². The quantitative estimate of drug-likeness (QED) is 0.762. The average molecular weight is 237 g/mol. The summed E-state index contributed by atoms with van der Waals surface area (Å²) in [5.74, 6) is 0. The fourth-order valence-corrected chi connectivity index (χ4v) is 1.92. The Kier molecular flexibility index (Phi) is 6.19. The fraction of sp³-hybridized carbons (Fsp3) is 0.571. The zero-order valence-corrected chi connectivity index (χ0v) is 10.9. The van der Waals surface area contributed by atoms with Gasteiger partial charge < -0.3 is 15.2 Å². The van der Waals surface area contributed by atoms with E-state index >= 15 is 0 Å². The third kappa shape index (κ3) is 4.86. The summed E-state index contributed by atoms with van der Waals surface area (Å²) in [5.41, 5.74) is 2.61. The molecule has 0 aromatic heterocycles. The number of aryl methyl sites for hydroxylation is 1. The van der Waals surface area contributed by atoms with E-state index in [-0.39, 0.29) is 6.10 Å². The lowest BCUT2D eigenvalue weighted by Gasteiger charge is -2.17. The Morgan fingerprint density at radius 1 is 1.35 bits per heavy atom. The first-order valence-corrected chi connectivity index (χ1v) is 6.11. The van der Waals surface area contributed by atoms with Crippen LogP contribution in [0.2, 0.25) is 0 Å². The molecular formula is C14H23NO2. The van der Waals surface area contributed by atoms with Gasteiger partial charge in [0, 0.05) is 13.2 Å². The molecule has 1 rings (SSSR count). The van der Waals surface area contributed by atoms with Crippen molar-refractivity contribution in [2.24, 2.45) is 0 Å². The Labute approximate surface area is 104 Å².